The molecule has 0 aliphatic heterocycles. The summed E-state index contributed by atoms with van der Waals surface area (Å²) in [4.78, 5) is 36.3. The predicted octanol–water partition coefficient (Wildman–Crippen LogP) is 2.69. The fourth-order valence-corrected chi connectivity index (χ4v) is 3.67. The SMILES string of the molecule is CCOC(=O)NC(=O)COC(=O)c1cc2c(s1)CC[C@@H](CC)C2. The minimum Gasteiger partial charge on any atom is -0.451 e. The van der Waals surface area contributed by atoms with Crippen LogP contribution in [0, 0.1) is 5.92 Å². The summed E-state index contributed by atoms with van der Waals surface area (Å²) >= 11 is 1.43. The van der Waals surface area contributed by atoms with Gasteiger partial charge in [0.15, 0.2) is 6.61 Å². The first-order valence-electron chi connectivity index (χ1n) is 7.78. The number of fused-ring (bicyclic) bond motifs is 1. The molecule has 0 saturated carbocycles. The second kappa shape index (κ2) is 8.10. The lowest BCUT2D eigenvalue weighted by Gasteiger charge is -2.19. The second-order valence-corrected chi connectivity index (χ2v) is 6.56. The van der Waals surface area contributed by atoms with Crippen LogP contribution >= 0.6 is 11.3 Å². The van der Waals surface area contributed by atoms with Crippen molar-refractivity contribution in [3.63, 3.8) is 0 Å². The van der Waals surface area contributed by atoms with Gasteiger partial charge in [0.1, 0.15) is 4.88 Å². The smallest absolute Gasteiger partial charge is 0.413 e. The highest BCUT2D eigenvalue weighted by Crippen LogP contribution is 2.33. The number of aryl methyl sites for hydroxylation is 1. The Bertz CT molecular complexity index is 595. The molecule has 0 spiro atoms. The Morgan fingerprint density at radius 3 is 2.78 bits per heavy atom. The first kappa shape index (κ1) is 17.5. The summed E-state index contributed by atoms with van der Waals surface area (Å²) in [7, 11) is 0. The number of rotatable bonds is 5. The van der Waals surface area contributed by atoms with Crippen molar-refractivity contribution in [2.45, 2.75) is 39.5 Å². The molecule has 1 atom stereocenters. The van der Waals surface area contributed by atoms with Gasteiger partial charge in [-0.25, -0.2) is 9.59 Å². The van der Waals surface area contributed by atoms with E-state index in [4.69, 9.17) is 4.74 Å². The average Bonchev–Trinajstić information content (AvgIpc) is 2.95. The van der Waals surface area contributed by atoms with Crippen molar-refractivity contribution in [3.8, 4) is 0 Å². The fourth-order valence-electron chi connectivity index (χ4n) is 2.57. The molecule has 1 aromatic heterocycles. The van der Waals surface area contributed by atoms with Gasteiger partial charge in [0.25, 0.3) is 5.91 Å². The number of carbonyl (C=O) groups is 3. The van der Waals surface area contributed by atoms with Crippen LogP contribution in [0.2, 0.25) is 0 Å². The zero-order valence-electron chi connectivity index (χ0n) is 13.3. The maximum absolute atomic E-state index is 12.0. The molecule has 0 radical (unpaired) electrons. The summed E-state index contributed by atoms with van der Waals surface area (Å²) in [5, 5.41) is 1.98. The van der Waals surface area contributed by atoms with E-state index in [0.717, 1.165) is 25.7 Å². The Balaban J connectivity index is 1.86. The highest BCUT2D eigenvalue weighted by atomic mass is 32.1. The molecule has 0 saturated heterocycles. The quantitative estimate of drug-likeness (QED) is 0.834. The standard InChI is InChI=1S/C16H21NO5S/c1-3-10-5-6-12-11(7-10)8-13(23-12)15(19)22-9-14(18)17-16(20)21-4-2/h8,10H,3-7,9H2,1-2H3,(H,17,18,20)/t10-/m1/s1. The number of imide groups is 1. The van der Waals surface area contributed by atoms with Gasteiger partial charge in [-0.3, -0.25) is 10.1 Å². The zero-order chi connectivity index (χ0) is 16.8. The third-order valence-corrected chi connectivity index (χ3v) is 5.03. The molecule has 0 aromatic carbocycles. The van der Waals surface area contributed by atoms with Gasteiger partial charge in [0.2, 0.25) is 0 Å². The minimum atomic E-state index is -0.842. The Morgan fingerprint density at radius 1 is 1.30 bits per heavy atom. The molecule has 0 unspecified atom stereocenters. The summed E-state index contributed by atoms with van der Waals surface area (Å²) < 4.78 is 9.52. The lowest BCUT2D eigenvalue weighted by molar-refractivity contribution is -0.123. The van der Waals surface area contributed by atoms with Crippen molar-refractivity contribution in [1.29, 1.82) is 0 Å². The van der Waals surface area contributed by atoms with Crippen molar-refractivity contribution in [2.24, 2.45) is 5.92 Å². The highest BCUT2D eigenvalue weighted by molar-refractivity contribution is 7.14. The van der Waals surface area contributed by atoms with Crippen LogP contribution in [0.15, 0.2) is 6.07 Å². The largest absolute Gasteiger partial charge is 0.451 e. The maximum Gasteiger partial charge on any atom is 0.413 e. The van der Waals surface area contributed by atoms with Crippen LogP contribution < -0.4 is 5.32 Å². The van der Waals surface area contributed by atoms with E-state index in [1.807, 2.05) is 11.4 Å². The number of carbonyl (C=O) groups excluding carboxylic acids is 3. The van der Waals surface area contributed by atoms with Crippen LogP contribution in [0.25, 0.3) is 0 Å². The van der Waals surface area contributed by atoms with E-state index in [0.29, 0.717) is 10.8 Å². The third-order valence-electron chi connectivity index (χ3n) is 3.81. The van der Waals surface area contributed by atoms with Gasteiger partial charge < -0.3 is 9.47 Å². The van der Waals surface area contributed by atoms with E-state index in [1.165, 1.54) is 21.8 Å². The van der Waals surface area contributed by atoms with E-state index < -0.39 is 24.6 Å². The van der Waals surface area contributed by atoms with Crippen LogP contribution in [0.5, 0.6) is 0 Å². The Hall–Kier alpha value is -1.89. The van der Waals surface area contributed by atoms with Crippen LogP contribution in [0.3, 0.4) is 0 Å². The lowest BCUT2D eigenvalue weighted by Crippen LogP contribution is -2.34. The molecule has 23 heavy (non-hydrogen) atoms. The molecule has 2 rings (SSSR count). The van der Waals surface area contributed by atoms with Gasteiger partial charge in [-0.05, 0) is 43.7 Å². The van der Waals surface area contributed by atoms with E-state index in [2.05, 4.69) is 11.7 Å². The van der Waals surface area contributed by atoms with Gasteiger partial charge >= 0.3 is 12.1 Å². The Kier molecular flexibility index (Phi) is 6.15. The van der Waals surface area contributed by atoms with Gasteiger partial charge in [0.05, 0.1) is 6.61 Å². The molecule has 7 heteroatoms. The normalized spacial score (nSPS) is 16.3. The molecule has 1 aliphatic rings. The average molecular weight is 339 g/mol. The van der Waals surface area contributed by atoms with E-state index in [-0.39, 0.29) is 6.61 Å². The monoisotopic (exact) mass is 339 g/mol. The molecule has 126 valence electrons. The molecule has 1 N–H and O–H groups in total. The summed E-state index contributed by atoms with van der Waals surface area (Å²) in [5.41, 5.74) is 1.22. The topological polar surface area (TPSA) is 81.7 Å². The maximum atomic E-state index is 12.0. The summed E-state index contributed by atoms with van der Waals surface area (Å²) in [6.07, 6.45) is 3.45. The van der Waals surface area contributed by atoms with Crippen LogP contribution in [-0.4, -0.2) is 31.2 Å². The van der Waals surface area contributed by atoms with Crippen LogP contribution in [-0.2, 0) is 27.1 Å². The van der Waals surface area contributed by atoms with Gasteiger partial charge in [-0.1, -0.05) is 13.3 Å². The van der Waals surface area contributed by atoms with Crippen molar-refractivity contribution in [2.75, 3.05) is 13.2 Å². The summed E-state index contributed by atoms with van der Waals surface area (Å²) in [5.74, 6) is -0.558. The lowest BCUT2D eigenvalue weighted by atomic mass is 9.87. The van der Waals surface area contributed by atoms with E-state index >= 15 is 0 Å². The first-order chi connectivity index (χ1) is 11.0. The number of nitrogens with one attached hydrogen (secondary N) is 1. The van der Waals surface area contributed by atoms with Crippen molar-refractivity contribution < 1.29 is 23.9 Å². The minimum absolute atomic E-state index is 0.165. The number of thiophene rings is 1. The zero-order valence-corrected chi connectivity index (χ0v) is 14.2. The van der Waals surface area contributed by atoms with E-state index in [9.17, 15) is 14.4 Å². The van der Waals surface area contributed by atoms with Gasteiger partial charge in [-0.15, -0.1) is 11.3 Å². The number of alkyl carbamates (subject to hydrolysis) is 1. The molecule has 1 aromatic rings. The van der Waals surface area contributed by atoms with Gasteiger partial charge in [-0.2, -0.15) is 0 Å². The van der Waals surface area contributed by atoms with Crippen molar-refractivity contribution in [1.82, 2.24) is 5.32 Å². The Morgan fingerprint density at radius 2 is 2.09 bits per heavy atom. The number of ether oxygens (including phenoxy) is 2. The van der Waals surface area contributed by atoms with E-state index in [1.54, 1.807) is 6.92 Å². The number of hydrogen-bond acceptors (Lipinski definition) is 6. The summed E-state index contributed by atoms with van der Waals surface area (Å²) in [6.45, 7) is 3.47. The van der Waals surface area contributed by atoms with Crippen LogP contribution in [0.4, 0.5) is 4.79 Å². The molecule has 0 bridgehead atoms. The predicted molar refractivity (Wildman–Crippen MR) is 85.6 cm³/mol. The van der Waals surface area contributed by atoms with Crippen molar-refractivity contribution in [3.05, 3.63) is 21.4 Å². The summed E-state index contributed by atoms with van der Waals surface area (Å²) in [6, 6.07) is 1.87. The number of esters is 1. The first-order valence-corrected chi connectivity index (χ1v) is 8.60. The fraction of sp³-hybridized carbons (Fsp3) is 0.562. The molecule has 1 heterocycles. The number of hydrogen-bond donors (Lipinski definition) is 1. The highest BCUT2D eigenvalue weighted by Gasteiger charge is 2.23. The molecular formula is C16H21NO5S. The molecule has 2 amide bonds. The Labute approximate surface area is 139 Å². The second-order valence-electron chi connectivity index (χ2n) is 5.42. The molecule has 1 aliphatic carbocycles. The number of amides is 2. The third kappa shape index (κ3) is 4.79. The van der Waals surface area contributed by atoms with Crippen LogP contribution in [0.1, 0.15) is 46.8 Å². The molecule has 6 nitrogen and oxygen atoms in total. The molecule has 0 fully saturated rings. The molecular weight excluding hydrogens is 318 g/mol. The van der Waals surface area contributed by atoms with Gasteiger partial charge in [0, 0.05) is 4.88 Å². The van der Waals surface area contributed by atoms with Crippen molar-refractivity contribution >= 4 is 29.3 Å².